The molecule has 0 atom stereocenters. The maximum atomic E-state index is 11.9. The van der Waals surface area contributed by atoms with E-state index in [-0.39, 0.29) is 0 Å². The van der Waals surface area contributed by atoms with Crippen molar-refractivity contribution in [1.29, 1.82) is 0 Å². The normalized spacial score (nSPS) is 11.7. The van der Waals surface area contributed by atoms with Gasteiger partial charge in [-0.3, -0.25) is 4.89 Å². The number of hydrogen-bond acceptors (Lipinski definition) is 3. The predicted octanol–water partition coefficient (Wildman–Crippen LogP) is 4.84. The van der Waals surface area contributed by atoms with Gasteiger partial charge in [0.1, 0.15) is 6.10 Å². The first-order valence-corrected chi connectivity index (χ1v) is 11.7. The van der Waals surface area contributed by atoms with E-state index in [4.69, 9.17) is 9.78 Å². The molecule has 0 saturated carbocycles. The van der Waals surface area contributed by atoms with Crippen LogP contribution >= 0.6 is 0 Å². The molecule has 3 nitrogen and oxygen atoms in total. The van der Waals surface area contributed by atoms with Gasteiger partial charge in [-0.15, -0.1) is 0 Å². The van der Waals surface area contributed by atoms with Crippen LogP contribution in [0.15, 0.2) is 24.3 Å². The summed E-state index contributed by atoms with van der Waals surface area (Å²) < 4.78 is 0. The smallest absolute Gasteiger partial charge is 0.292 e. The lowest BCUT2D eigenvalue weighted by Gasteiger charge is -2.16. The van der Waals surface area contributed by atoms with Gasteiger partial charge >= 0.3 is 5.97 Å². The Morgan fingerprint density at radius 2 is 1.64 bits per heavy atom. The summed E-state index contributed by atoms with van der Waals surface area (Å²) in [5, 5.41) is 1.32. The van der Waals surface area contributed by atoms with E-state index in [0.29, 0.717) is 5.56 Å². The van der Waals surface area contributed by atoms with Crippen molar-refractivity contribution in [1.82, 2.24) is 0 Å². The quantitative estimate of drug-likeness (QED) is 0.282. The third kappa shape index (κ3) is 6.75. The molecule has 0 unspecified atom stereocenters. The summed E-state index contributed by atoms with van der Waals surface area (Å²) in [6.45, 7) is 10.9. The van der Waals surface area contributed by atoms with Gasteiger partial charge in [-0.2, -0.15) is 4.89 Å². The lowest BCUT2D eigenvalue weighted by Crippen LogP contribution is -2.37. The molecule has 1 aromatic carbocycles. The van der Waals surface area contributed by atoms with Crippen LogP contribution in [0.25, 0.3) is 0 Å². The zero-order valence-corrected chi connectivity index (χ0v) is 15.6. The minimum atomic E-state index is -1.34. The molecule has 0 aliphatic rings. The fraction of sp³-hybridized carbons (Fsp3) is 0.556. The number of benzene rings is 1. The topological polar surface area (TPSA) is 35.5 Å². The van der Waals surface area contributed by atoms with Crippen LogP contribution < -0.4 is 5.19 Å². The maximum Gasteiger partial charge on any atom is 0.373 e. The second kappa shape index (κ2) is 9.11. The molecule has 0 aromatic heterocycles. The summed E-state index contributed by atoms with van der Waals surface area (Å²) in [7, 11) is -1.34. The molecule has 0 N–H and O–H groups in total. The molecule has 1 aromatic rings. The second-order valence-corrected chi connectivity index (χ2v) is 11.9. The highest BCUT2D eigenvalue weighted by Gasteiger charge is 2.17. The van der Waals surface area contributed by atoms with Gasteiger partial charge in [-0.25, -0.2) is 4.79 Å². The van der Waals surface area contributed by atoms with Gasteiger partial charge < -0.3 is 0 Å². The van der Waals surface area contributed by atoms with E-state index >= 15 is 0 Å². The molecule has 0 saturated heterocycles. The minimum Gasteiger partial charge on any atom is -0.292 e. The van der Waals surface area contributed by atoms with Crippen LogP contribution in [0.3, 0.4) is 0 Å². The number of hydrogen-bond donors (Lipinski definition) is 0. The summed E-state index contributed by atoms with van der Waals surface area (Å²) in [5.41, 5.74) is 0.529. The first-order valence-electron chi connectivity index (χ1n) is 8.16. The van der Waals surface area contributed by atoms with Crippen molar-refractivity contribution in [2.45, 2.75) is 65.6 Å². The van der Waals surface area contributed by atoms with Crippen LogP contribution in [0.4, 0.5) is 0 Å². The average molecular weight is 322 g/mol. The van der Waals surface area contributed by atoms with E-state index in [9.17, 15) is 4.79 Å². The molecule has 0 fully saturated rings. The van der Waals surface area contributed by atoms with Crippen LogP contribution in [-0.4, -0.2) is 14.0 Å². The maximum absolute atomic E-state index is 11.9. The molecule has 0 bridgehead atoms. The van der Waals surface area contributed by atoms with Gasteiger partial charge in [0.15, 0.2) is 0 Å². The largest absolute Gasteiger partial charge is 0.373 e. The van der Waals surface area contributed by atoms with E-state index in [0.717, 1.165) is 18.9 Å². The van der Waals surface area contributed by atoms with Crippen LogP contribution in [-0.2, 0) is 9.78 Å². The first-order chi connectivity index (χ1) is 10.3. The molecule has 1 radical (unpaired) electrons. The van der Waals surface area contributed by atoms with Crippen LogP contribution in [0, 0.1) is 6.10 Å². The Labute approximate surface area is 136 Å². The molecule has 0 heterocycles. The van der Waals surface area contributed by atoms with Gasteiger partial charge in [-0.1, -0.05) is 69.6 Å². The Balaban J connectivity index is 2.39. The first kappa shape index (κ1) is 18.9. The highest BCUT2D eigenvalue weighted by Crippen LogP contribution is 2.15. The molecule has 123 valence electrons. The Morgan fingerprint density at radius 1 is 1.00 bits per heavy atom. The number of rotatable bonds is 9. The van der Waals surface area contributed by atoms with E-state index in [1.165, 1.54) is 24.4 Å². The summed E-state index contributed by atoms with van der Waals surface area (Å²) in [5.74, 6) is -0.435. The van der Waals surface area contributed by atoms with Gasteiger partial charge in [0.05, 0.1) is 13.6 Å². The molecule has 0 amide bonds. The number of unbranched alkanes of at least 4 members (excludes halogenated alkanes) is 3. The van der Waals surface area contributed by atoms with Crippen molar-refractivity contribution < 1.29 is 14.6 Å². The molecule has 4 heteroatoms. The summed E-state index contributed by atoms with van der Waals surface area (Å²) in [6.07, 6.45) is 6.29. The molecule has 0 aliphatic carbocycles. The van der Waals surface area contributed by atoms with Crippen molar-refractivity contribution in [2.24, 2.45) is 0 Å². The Bertz CT molecular complexity index is 448. The van der Waals surface area contributed by atoms with Gasteiger partial charge in [-0.05, 0) is 25.5 Å². The molecule has 0 spiro atoms. The molecule has 1 rings (SSSR count). The van der Waals surface area contributed by atoms with Crippen molar-refractivity contribution in [3.8, 4) is 0 Å². The molecular weight excluding hydrogens is 292 g/mol. The van der Waals surface area contributed by atoms with E-state index < -0.39 is 14.0 Å². The number of carbonyl (C=O) groups is 1. The molecule has 22 heavy (non-hydrogen) atoms. The highest BCUT2D eigenvalue weighted by molar-refractivity contribution is 6.88. The monoisotopic (exact) mass is 321 g/mol. The Hall–Kier alpha value is -1.13. The van der Waals surface area contributed by atoms with E-state index in [2.05, 4.69) is 26.6 Å². The molecular formula is C18H29O3Si. The third-order valence-corrected chi connectivity index (χ3v) is 5.69. The zero-order chi connectivity index (χ0) is 16.6. The Kier molecular flexibility index (Phi) is 7.83. The third-order valence-electron chi connectivity index (χ3n) is 3.63. The van der Waals surface area contributed by atoms with Crippen LogP contribution in [0.2, 0.25) is 19.6 Å². The lowest BCUT2D eigenvalue weighted by atomic mass is 10.1. The second-order valence-electron chi connectivity index (χ2n) is 6.79. The van der Waals surface area contributed by atoms with Crippen molar-refractivity contribution in [3.05, 3.63) is 35.9 Å². The average Bonchev–Trinajstić information content (AvgIpc) is 2.48. The predicted molar refractivity (Wildman–Crippen MR) is 93.6 cm³/mol. The van der Waals surface area contributed by atoms with Crippen LogP contribution in [0.5, 0.6) is 0 Å². The summed E-state index contributed by atoms with van der Waals surface area (Å²) in [4.78, 5) is 22.0. The van der Waals surface area contributed by atoms with Crippen molar-refractivity contribution in [2.75, 3.05) is 0 Å². The lowest BCUT2D eigenvalue weighted by molar-refractivity contribution is -0.233. The molecule has 0 aliphatic heterocycles. The summed E-state index contributed by atoms with van der Waals surface area (Å²) >= 11 is 0. The van der Waals surface area contributed by atoms with E-state index in [1.807, 2.05) is 31.2 Å². The Morgan fingerprint density at radius 3 is 2.18 bits per heavy atom. The van der Waals surface area contributed by atoms with Gasteiger partial charge in [0, 0.05) is 0 Å². The van der Waals surface area contributed by atoms with Gasteiger partial charge in [0.25, 0.3) is 0 Å². The summed E-state index contributed by atoms with van der Waals surface area (Å²) in [6, 6.07) is 7.67. The standard InChI is InChI=1S/C18H29O3Si/c1-6-7-8-9-10-15(2)20-21-18(19)16-11-13-17(14-12-16)22(3,4)5/h11-14H,6-10H2,1-5H3. The zero-order valence-electron chi connectivity index (χ0n) is 14.6. The fourth-order valence-corrected chi connectivity index (χ4v) is 3.27. The van der Waals surface area contributed by atoms with E-state index in [1.54, 1.807) is 0 Å². The van der Waals surface area contributed by atoms with Crippen molar-refractivity contribution in [3.63, 3.8) is 0 Å². The van der Waals surface area contributed by atoms with Crippen molar-refractivity contribution >= 4 is 19.2 Å². The highest BCUT2D eigenvalue weighted by atomic mass is 28.3. The van der Waals surface area contributed by atoms with Crippen LogP contribution in [0.1, 0.15) is 56.3 Å². The number of carbonyl (C=O) groups excluding carboxylic acids is 1. The fourth-order valence-electron chi connectivity index (χ4n) is 2.11. The SMILES string of the molecule is CCCCCC[C](C)OOC(=O)c1ccc([Si](C)(C)C)cc1. The van der Waals surface area contributed by atoms with Gasteiger partial charge in [0.2, 0.25) is 0 Å². The minimum absolute atomic E-state index is 0.435.